The van der Waals surface area contributed by atoms with Crippen molar-refractivity contribution in [3.05, 3.63) is 5.56 Å². The number of benzene rings is 2. The molecule has 0 heterocycles. The predicted molar refractivity (Wildman–Crippen MR) is 507 cm³/mol. The Labute approximate surface area is 723 Å². The molecule has 0 aliphatic rings. The van der Waals surface area contributed by atoms with Crippen molar-refractivity contribution in [3.8, 4) is 40.2 Å². The van der Waals surface area contributed by atoms with E-state index in [4.69, 9.17) is 37.9 Å². The van der Waals surface area contributed by atoms with Gasteiger partial charge in [-0.2, -0.15) is 0 Å². The van der Waals surface area contributed by atoms with Gasteiger partial charge in [0.25, 0.3) is 0 Å². The van der Waals surface area contributed by atoms with Crippen LogP contribution in [0, 0.1) is 0 Å². The molecular formula is C107H200O9. The Kier molecular flexibility index (Phi) is 81.3. The average Bonchev–Trinajstić information content (AvgIpc) is 0.718. The molecule has 0 aliphatic heterocycles. The van der Waals surface area contributed by atoms with Gasteiger partial charge in [0.2, 0.25) is 17.2 Å². The lowest BCUT2D eigenvalue weighted by Crippen LogP contribution is -2.16. The topological polar surface area (TPSA) is 90.9 Å². The quantitative estimate of drug-likeness (QED) is 0.0474. The van der Waals surface area contributed by atoms with E-state index in [2.05, 4.69) is 55.4 Å². The van der Waals surface area contributed by atoms with Crippen LogP contribution in [0.3, 0.4) is 0 Å². The highest BCUT2D eigenvalue weighted by Gasteiger charge is 2.38. The summed E-state index contributed by atoms with van der Waals surface area (Å²) < 4.78 is 59.7. The second-order valence-corrected chi connectivity index (χ2v) is 36.0. The van der Waals surface area contributed by atoms with Gasteiger partial charge >= 0.3 is 5.97 Å². The number of unbranched alkanes of at least 4 members (excludes halogenated alkanes) is 72. The zero-order valence-electron chi connectivity index (χ0n) is 79.4. The zero-order chi connectivity index (χ0) is 83.2. The lowest BCUT2D eigenvalue weighted by molar-refractivity contribution is 0.0493. The summed E-state index contributed by atoms with van der Waals surface area (Å²) in [5.74, 6) is 3.36. The number of rotatable bonds is 96. The first-order valence-electron chi connectivity index (χ1n) is 52.8. The summed E-state index contributed by atoms with van der Waals surface area (Å²) in [5, 5.41) is 1.29. The monoisotopic (exact) mass is 1630 g/mol. The normalized spacial score (nSPS) is 11.6. The van der Waals surface area contributed by atoms with Crippen molar-refractivity contribution in [1.82, 2.24) is 0 Å². The van der Waals surface area contributed by atoms with E-state index in [0.29, 0.717) is 109 Å². The number of carbonyl (C=O) groups excluding carboxylic acids is 1. The summed E-state index contributed by atoms with van der Waals surface area (Å²) in [6.07, 6.45) is 98.0. The number of carbonyl (C=O) groups is 1. The van der Waals surface area contributed by atoms with Crippen molar-refractivity contribution in [2.24, 2.45) is 0 Å². The van der Waals surface area contributed by atoms with E-state index in [1.165, 1.54) is 398 Å². The maximum absolute atomic E-state index is 16.5. The lowest BCUT2D eigenvalue weighted by atomic mass is 9.97. The van der Waals surface area contributed by atoms with E-state index in [0.717, 1.165) is 116 Å². The van der Waals surface area contributed by atoms with Crippen molar-refractivity contribution >= 4 is 16.7 Å². The maximum Gasteiger partial charge on any atom is 0.342 e. The fourth-order valence-corrected chi connectivity index (χ4v) is 16.9. The molecule has 682 valence electrons. The van der Waals surface area contributed by atoms with E-state index >= 15 is 4.79 Å². The molecule has 0 fully saturated rings. The summed E-state index contributed by atoms with van der Waals surface area (Å²) >= 11 is 0. The molecule has 0 radical (unpaired) electrons. The summed E-state index contributed by atoms with van der Waals surface area (Å²) in [6.45, 7) is 22.1. The highest BCUT2D eigenvalue weighted by Crippen LogP contribution is 2.60. The molecule has 2 rings (SSSR count). The van der Waals surface area contributed by atoms with E-state index in [-0.39, 0.29) is 0 Å². The molecule has 0 saturated carbocycles. The highest BCUT2D eigenvalue weighted by atomic mass is 16.6. The SMILES string of the molecule is CCCCCCCCCCCCOC(=O)c1c(OCCCCCCCCCCCC)c(OCCCCCCCCCCCC)c(OCCCCCCCCCCCC)c2c(OCCCCCCCCCCCC)c(OCCCCCCCCCCCC)c(OCCCCCCCCCCCC)c(OCCCCCCCCCCCC)c12. The number of ether oxygens (including phenoxy) is 8. The minimum absolute atomic E-state index is 0.319. The van der Waals surface area contributed by atoms with Gasteiger partial charge in [-0.15, -0.1) is 0 Å². The second-order valence-electron chi connectivity index (χ2n) is 36.0. The molecule has 9 nitrogen and oxygen atoms in total. The maximum atomic E-state index is 16.5. The van der Waals surface area contributed by atoms with Crippen LogP contribution in [-0.2, 0) is 4.74 Å². The highest BCUT2D eigenvalue weighted by molar-refractivity contribution is 6.17. The fraction of sp³-hybridized carbons (Fsp3) is 0.897. The Balaban J connectivity index is 3.30. The first-order valence-corrected chi connectivity index (χ1v) is 52.8. The van der Waals surface area contributed by atoms with Gasteiger partial charge in [0.1, 0.15) is 5.56 Å². The standard InChI is InChI=1S/C107H200O9/c1-9-17-25-33-41-49-57-65-73-81-89-109-100-97-98(102(111-91-83-75-67-59-51-43-35-27-19-11-3)106(115-95-87-79-71-63-55-47-39-31-23-15-7)105(100)114-94-86-78-70-62-54-46-38-30-22-14-6)101(110-90-82-74-66-58-50-42-34-26-18-10-2)104(113-93-85-77-69-61-53-45-37-29-21-13-5)103(112-92-84-76-68-60-52-44-36-28-20-12-4)99(97)107(108)116-96-88-80-72-64-56-48-40-32-24-16-8/h9-96H2,1-8H3. The lowest BCUT2D eigenvalue weighted by Gasteiger charge is -2.28. The molecule has 0 saturated heterocycles. The van der Waals surface area contributed by atoms with Gasteiger partial charge in [-0.1, -0.05) is 518 Å². The molecule has 0 aromatic heterocycles. The number of esters is 1. The van der Waals surface area contributed by atoms with Gasteiger partial charge in [0.15, 0.2) is 23.0 Å². The first-order chi connectivity index (χ1) is 57.5. The number of hydrogen-bond acceptors (Lipinski definition) is 9. The molecular weight excluding hydrogens is 1430 g/mol. The van der Waals surface area contributed by atoms with E-state index < -0.39 is 5.97 Å². The largest absolute Gasteiger partial charge is 0.489 e. The van der Waals surface area contributed by atoms with Crippen molar-refractivity contribution < 1.29 is 42.7 Å². The molecule has 2 aromatic rings. The van der Waals surface area contributed by atoms with E-state index in [9.17, 15) is 0 Å². The van der Waals surface area contributed by atoms with Crippen LogP contribution in [0.4, 0.5) is 0 Å². The third-order valence-corrected chi connectivity index (χ3v) is 24.6. The van der Waals surface area contributed by atoms with Gasteiger partial charge < -0.3 is 37.9 Å². The molecule has 0 N–H and O–H groups in total. The van der Waals surface area contributed by atoms with E-state index in [1.807, 2.05) is 0 Å². The van der Waals surface area contributed by atoms with Crippen molar-refractivity contribution in [2.45, 2.75) is 569 Å². The molecule has 0 bridgehead atoms. The van der Waals surface area contributed by atoms with Crippen LogP contribution in [0.2, 0.25) is 0 Å². The number of hydrogen-bond donors (Lipinski definition) is 0. The molecule has 0 unspecified atom stereocenters. The molecule has 0 atom stereocenters. The molecule has 0 amide bonds. The van der Waals surface area contributed by atoms with Crippen molar-refractivity contribution in [1.29, 1.82) is 0 Å². The van der Waals surface area contributed by atoms with Gasteiger partial charge in [-0.05, 0) is 51.4 Å². The molecule has 116 heavy (non-hydrogen) atoms. The smallest absolute Gasteiger partial charge is 0.342 e. The predicted octanol–water partition coefficient (Wildman–Crippen LogP) is 37.0. The Bertz CT molecular complexity index is 2340. The minimum atomic E-state index is -0.405. The Morgan fingerprint density at radius 1 is 0.147 bits per heavy atom. The Morgan fingerprint density at radius 3 is 0.457 bits per heavy atom. The van der Waals surface area contributed by atoms with Crippen LogP contribution in [0.15, 0.2) is 0 Å². The van der Waals surface area contributed by atoms with Gasteiger partial charge in [-0.3, -0.25) is 0 Å². The molecule has 9 heteroatoms. The zero-order valence-corrected chi connectivity index (χ0v) is 79.4. The molecule has 0 aliphatic carbocycles. The Hall–Kier alpha value is -3.23. The Morgan fingerprint density at radius 2 is 0.276 bits per heavy atom. The minimum Gasteiger partial charge on any atom is -0.489 e. The first kappa shape index (κ1) is 109. The van der Waals surface area contributed by atoms with Crippen LogP contribution in [0.1, 0.15) is 579 Å². The van der Waals surface area contributed by atoms with Crippen LogP contribution in [0.25, 0.3) is 10.8 Å². The second kappa shape index (κ2) is 86.7. The van der Waals surface area contributed by atoms with E-state index in [1.54, 1.807) is 0 Å². The third-order valence-electron chi connectivity index (χ3n) is 24.6. The third kappa shape index (κ3) is 60.3. The van der Waals surface area contributed by atoms with Gasteiger partial charge in [0, 0.05) is 0 Å². The summed E-state index contributed by atoms with van der Waals surface area (Å²) in [6, 6.07) is 0. The average molecular weight is 1630 g/mol. The summed E-state index contributed by atoms with van der Waals surface area (Å²) in [5.41, 5.74) is 0.357. The van der Waals surface area contributed by atoms with Crippen molar-refractivity contribution in [3.63, 3.8) is 0 Å². The van der Waals surface area contributed by atoms with Crippen LogP contribution in [-0.4, -0.2) is 58.8 Å². The van der Waals surface area contributed by atoms with Gasteiger partial charge in [-0.25, -0.2) is 4.79 Å². The van der Waals surface area contributed by atoms with Crippen molar-refractivity contribution in [2.75, 3.05) is 52.9 Å². The summed E-state index contributed by atoms with van der Waals surface area (Å²) in [4.78, 5) is 16.5. The van der Waals surface area contributed by atoms with Crippen LogP contribution < -0.4 is 33.2 Å². The summed E-state index contributed by atoms with van der Waals surface area (Å²) in [7, 11) is 0. The fourth-order valence-electron chi connectivity index (χ4n) is 16.9. The number of fused-ring (bicyclic) bond motifs is 1. The molecule has 0 spiro atoms. The van der Waals surface area contributed by atoms with Gasteiger partial charge in [0.05, 0.1) is 63.6 Å². The van der Waals surface area contributed by atoms with Crippen LogP contribution in [0.5, 0.6) is 40.2 Å². The molecule has 2 aromatic carbocycles. The van der Waals surface area contributed by atoms with Crippen LogP contribution >= 0.6 is 0 Å².